The van der Waals surface area contributed by atoms with Gasteiger partial charge in [0.1, 0.15) is 17.5 Å². The van der Waals surface area contributed by atoms with E-state index < -0.39 is 0 Å². The number of nitrogens with one attached hydrogen (secondary N) is 1. The van der Waals surface area contributed by atoms with Gasteiger partial charge in [0.05, 0.1) is 12.7 Å². The molecule has 3 rings (SSSR count). The van der Waals surface area contributed by atoms with Crippen LogP contribution < -0.4 is 11.1 Å². The van der Waals surface area contributed by atoms with Crippen molar-refractivity contribution in [2.45, 2.75) is 44.8 Å². The molecule has 2 aliphatic heterocycles. The van der Waals surface area contributed by atoms with Gasteiger partial charge in [0.2, 0.25) is 0 Å². The number of hydrogen-bond acceptors (Lipinski definition) is 6. The number of fused-ring (bicyclic) bond motifs is 1. The lowest BCUT2D eigenvalue weighted by Crippen LogP contribution is -2.48. The Kier molecular flexibility index (Phi) is 4.55. The zero-order valence-electron chi connectivity index (χ0n) is 12.7. The number of nitrogens with zero attached hydrogens (tertiary/aromatic N) is 3. The van der Waals surface area contributed by atoms with Gasteiger partial charge in [-0.1, -0.05) is 6.92 Å². The van der Waals surface area contributed by atoms with Gasteiger partial charge in [-0.2, -0.15) is 0 Å². The van der Waals surface area contributed by atoms with Crippen molar-refractivity contribution < 1.29 is 4.74 Å². The third kappa shape index (κ3) is 3.63. The highest BCUT2D eigenvalue weighted by atomic mass is 16.5. The van der Waals surface area contributed by atoms with Crippen molar-refractivity contribution >= 4 is 11.6 Å². The molecule has 0 spiro atoms. The summed E-state index contributed by atoms with van der Waals surface area (Å²) in [7, 11) is 0. The van der Waals surface area contributed by atoms with E-state index in [4.69, 9.17) is 10.5 Å². The monoisotopic (exact) mass is 291 g/mol. The third-order valence-electron chi connectivity index (χ3n) is 4.24. The molecule has 0 amide bonds. The minimum Gasteiger partial charge on any atom is -0.384 e. The largest absolute Gasteiger partial charge is 0.384 e. The van der Waals surface area contributed by atoms with Crippen LogP contribution in [0.25, 0.3) is 0 Å². The number of anilines is 2. The van der Waals surface area contributed by atoms with Crippen LogP contribution in [0.15, 0.2) is 6.07 Å². The summed E-state index contributed by atoms with van der Waals surface area (Å²) in [4.78, 5) is 11.3. The summed E-state index contributed by atoms with van der Waals surface area (Å²) in [6.45, 7) is 5.97. The molecule has 1 aromatic rings. The quantitative estimate of drug-likeness (QED) is 0.851. The Morgan fingerprint density at radius 3 is 3.24 bits per heavy atom. The fourth-order valence-corrected chi connectivity index (χ4v) is 3.17. The summed E-state index contributed by atoms with van der Waals surface area (Å²) in [6.07, 6.45) is 4.69. The third-order valence-corrected chi connectivity index (χ3v) is 4.24. The zero-order chi connectivity index (χ0) is 14.7. The predicted molar refractivity (Wildman–Crippen MR) is 83.3 cm³/mol. The molecule has 116 valence electrons. The average molecular weight is 291 g/mol. The Morgan fingerprint density at radius 1 is 1.48 bits per heavy atom. The molecule has 3 heterocycles. The molecule has 0 aliphatic carbocycles. The number of ether oxygens (including phenoxy) is 1. The van der Waals surface area contributed by atoms with Gasteiger partial charge in [-0.25, -0.2) is 9.97 Å². The van der Waals surface area contributed by atoms with Crippen LogP contribution in [0, 0.1) is 0 Å². The number of hydrogen-bond donors (Lipinski definition) is 2. The van der Waals surface area contributed by atoms with Gasteiger partial charge in [0.25, 0.3) is 0 Å². The van der Waals surface area contributed by atoms with E-state index in [0.717, 1.165) is 44.2 Å². The Morgan fingerprint density at radius 2 is 2.38 bits per heavy atom. The summed E-state index contributed by atoms with van der Waals surface area (Å²) in [5.74, 6) is 2.14. The summed E-state index contributed by atoms with van der Waals surface area (Å²) >= 11 is 0. The lowest BCUT2D eigenvalue weighted by molar-refractivity contribution is -0.0416. The van der Waals surface area contributed by atoms with E-state index in [9.17, 15) is 0 Å². The smallest absolute Gasteiger partial charge is 0.133 e. The van der Waals surface area contributed by atoms with E-state index in [1.54, 1.807) is 6.07 Å². The molecular formula is C15H25N5O. The Labute approximate surface area is 126 Å². The molecule has 0 radical (unpaired) electrons. The van der Waals surface area contributed by atoms with E-state index in [0.29, 0.717) is 11.9 Å². The predicted octanol–water partition coefficient (Wildman–Crippen LogP) is 1.29. The average Bonchev–Trinajstić information content (AvgIpc) is 2.92. The Hall–Kier alpha value is -1.40. The van der Waals surface area contributed by atoms with Crippen LogP contribution in [-0.2, 0) is 11.2 Å². The van der Waals surface area contributed by atoms with Crippen LogP contribution in [-0.4, -0.2) is 53.3 Å². The van der Waals surface area contributed by atoms with Crippen molar-refractivity contribution in [3.8, 4) is 0 Å². The summed E-state index contributed by atoms with van der Waals surface area (Å²) < 4.78 is 5.94. The van der Waals surface area contributed by atoms with Gasteiger partial charge in [0.15, 0.2) is 0 Å². The minimum absolute atomic E-state index is 0.227. The minimum atomic E-state index is 0.227. The summed E-state index contributed by atoms with van der Waals surface area (Å²) in [5.41, 5.74) is 5.84. The lowest BCUT2D eigenvalue weighted by atomic mass is 10.2. The van der Waals surface area contributed by atoms with E-state index in [1.165, 1.54) is 19.4 Å². The highest BCUT2D eigenvalue weighted by molar-refractivity contribution is 5.44. The number of nitrogens with two attached hydrogens (primary N) is 1. The van der Waals surface area contributed by atoms with E-state index >= 15 is 0 Å². The van der Waals surface area contributed by atoms with Gasteiger partial charge < -0.3 is 15.8 Å². The maximum absolute atomic E-state index is 5.94. The Balaban J connectivity index is 1.55. The van der Waals surface area contributed by atoms with Crippen LogP contribution in [0.3, 0.4) is 0 Å². The first-order chi connectivity index (χ1) is 10.2. The topological polar surface area (TPSA) is 76.3 Å². The molecule has 2 unspecified atom stereocenters. The normalized spacial score (nSPS) is 25.8. The molecule has 1 aromatic heterocycles. The second-order valence-electron chi connectivity index (χ2n) is 5.97. The molecule has 0 aromatic carbocycles. The van der Waals surface area contributed by atoms with E-state index in [-0.39, 0.29) is 6.10 Å². The Bertz CT molecular complexity index is 481. The van der Waals surface area contributed by atoms with Crippen LogP contribution >= 0.6 is 0 Å². The molecule has 0 saturated carbocycles. The standard InChI is InChI=1S/C15H25N5O/c1-2-4-14-18-13(16)7-15(19-14)17-8-12-9-20-6-3-5-11(20)10-21-12/h7,11-12H,2-6,8-10H2,1H3,(H3,16,17,18,19). The van der Waals surface area contributed by atoms with Gasteiger partial charge >= 0.3 is 0 Å². The van der Waals surface area contributed by atoms with Crippen molar-refractivity contribution in [1.29, 1.82) is 0 Å². The molecule has 2 fully saturated rings. The van der Waals surface area contributed by atoms with Crippen molar-refractivity contribution in [1.82, 2.24) is 14.9 Å². The van der Waals surface area contributed by atoms with Crippen LogP contribution in [0.1, 0.15) is 32.0 Å². The van der Waals surface area contributed by atoms with Crippen molar-refractivity contribution in [2.24, 2.45) is 0 Å². The highest BCUT2D eigenvalue weighted by Crippen LogP contribution is 2.22. The first-order valence-electron chi connectivity index (χ1n) is 7.97. The highest BCUT2D eigenvalue weighted by Gasteiger charge is 2.31. The molecule has 6 heteroatoms. The van der Waals surface area contributed by atoms with Crippen LogP contribution in [0.2, 0.25) is 0 Å². The number of aromatic nitrogens is 2. The van der Waals surface area contributed by atoms with Gasteiger partial charge in [-0.05, 0) is 25.8 Å². The molecule has 21 heavy (non-hydrogen) atoms. The maximum atomic E-state index is 5.94. The van der Waals surface area contributed by atoms with Crippen molar-refractivity contribution in [2.75, 3.05) is 37.3 Å². The molecule has 3 N–H and O–H groups in total. The summed E-state index contributed by atoms with van der Waals surface area (Å²) in [5, 5.41) is 3.35. The maximum Gasteiger partial charge on any atom is 0.133 e. The molecular weight excluding hydrogens is 266 g/mol. The number of aryl methyl sites for hydroxylation is 1. The number of rotatable bonds is 5. The molecule has 6 nitrogen and oxygen atoms in total. The second-order valence-corrected chi connectivity index (χ2v) is 5.97. The van der Waals surface area contributed by atoms with Crippen molar-refractivity contribution in [3.05, 3.63) is 11.9 Å². The van der Waals surface area contributed by atoms with E-state index in [1.807, 2.05) is 0 Å². The van der Waals surface area contributed by atoms with Gasteiger partial charge in [0, 0.05) is 31.6 Å². The number of morpholine rings is 1. The zero-order valence-corrected chi connectivity index (χ0v) is 12.7. The molecule has 2 saturated heterocycles. The first-order valence-corrected chi connectivity index (χ1v) is 7.97. The lowest BCUT2D eigenvalue weighted by Gasteiger charge is -2.35. The first kappa shape index (κ1) is 14.5. The fourth-order valence-electron chi connectivity index (χ4n) is 3.17. The van der Waals surface area contributed by atoms with Gasteiger partial charge in [-0.15, -0.1) is 0 Å². The van der Waals surface area contributed by atoms with Crippen molar-refractivity contribution in [3.63, 3.8) is 0 Å². The summed E-state index contributed by atoms with van der Waals surface area (Å²) in [6, 6.07) is 2.44. The number of nitrogen functional groups attached to an aromatic ring is 1. The second kappa shape index (κ2) is 6.58. The molecule has 2 atom stereocenters. The molecule has 0 bridgehead atoms. The molecule has 2 aliphatic rings. The van der Waals surface area contributed by atoms with Crippen LogP contribution in [0.4, 0.5) is 11.6 Å². The fraction of sp³-hybridized carbons (Fsp3) is 0.733. The van der Waals surface area contributed by atoms with E-state index in [2.05, 4.69) is 27.1 Å². The SMILES string of the molecule is CCCc1nc(N)cc(NCC2CN3CCCC3CO2)n1. The van der Waals surface area contributed by atoms with Gasteiger partial charge in [-0.3, -0.25) is 4.90 Å². The van der Waals surface area contributed by atoms with Crippen LogP contribution in [0.5, 0.6) is 0 Å².